The fraction of sp³-hybridized carbons (Fsp3) is 0.600. The van der Waals surface area contributed by atoms with Crippen molar-refractivity contribution in [2.75, 3.05) is 13.7 Å². The number of halogens is 4. The highest BCUT2D eigenvalue weighted by molar-refractivity contribution is 5.94. The Morgan fingerprint density at radius 1 is 1.21 bits per heavy atom. The van der Waals surface area contributed by atoms with Crippen LogP contribution in [0.25, 0.3) is 11.3 Å². The lowest BCUT2D eigenvalue weighted by Crippen LogP contribution is -2.55. The van der Waals surface area contributed by atoms with Crippen molar-refractivity contribution in [1.82, 2.24) is 25.4 Å². The Morgan fingerprint density at radius 3 is 2.66 bits per heavy atom. The number of aromatic nitrogens is 3. The van der Waals surface area contributed by atoms with Gasteiger partial charge in [-0.25, -0.2) is 9.37 Å². The maximum Gasteiger partial charge on any atom is 0.417 e. The molecule has 13 heteroatoms. The van der Waals surface area contributed by atoms with Gasteiger partial charge in [-0.05, 0) is 51.0 Å². The number of rotatable bonds is 5. The number of hydrogen-bond acceptors (Lipinski definition) is 6. The third-order valence-corrected chi connectivity index (χ3v) is 8.07. The highest BCUT2D eigenvalue weighted by atomic mass is 19.4. The van der Waals surface area contributed by atoms with E-state index in [9.17, 15) is 32.3 Å². The molecule has 2 aromatic heterocycles. The average Bonchev–Trinajstić information content (AvgIpc) is 3.44. The second kappa shape index (κ2) is 9.51. The summed E-state index contributed by atoms with van der Waals surface area (Å²) in [7, 11) is 1.41. The van der Waals surface area contributed by atoms with Crippen LogP contribution in [-0.2, 0) is 4.79 Å². The second-order valence-corrected chi connectivity index (χ2v) is 10.6. The zero-order valence-corrected chi connectivity index (χ0v) is 20.8. The first-order valence-electron chi connectivity index (χ1n) is 12.6. The van der Waals surface area contributed by atoms with Crippen molar-refractivity contribution in [3.05, 3.63) is 29.8 Å². The van der Waals surface area contributed by atoms with Gasteiger partial charge in [0.2, 0.25) is 11.8 Å². The molecule has 2 aromatic rings. The van der Waals surface area contributed by atoms with Crippen LogP contribution in [0.1, 0.15) is 61.9 Å². The summed E-state index contributed by atoms with van der Waals surface area (Å²) in [5.74, 6) is -1.53. The molecule has 1 aliphatic heterocycles. The van der Waals surface area contributed by atoms with Crippen molar-refractivity contribution >= 4 is 11.8 Å². The average molecular weight is 540 g/mol. The number of carbonyl (C=O) groups is 2. The van der Waals surface area contributed by atoms with Gasteiger partial charge in [-0.2, -0.15) is 18.3 Å². The van der Waals surface area contributed by atoms with Gasteiger partial charge in [-0.1, -0.05) is 0 Å². The molecule has 3 atom stereocenters. The molecular formula is C25H29F4N5O4. The molecule has 0 radical (unpaired) electrons. The Bertz CT molecular complexity index is 1230. The summed E-state index contributed by atoms with van der Waals surface area (Å²) in [6.45, 7) is 0.285. The predicted molar refractivity (Wildman–Crippen MR) is 125 cm³/mol. The van der Waals surface area contributed by atoms with Crippen LogP contribution >= 0.6 is 0 Å². The minimum atomic E-state index is -4.75. The number of ether oxygens (including phenoxy) is 1. The fourth-order valence-corrected chi connectivity index (χ4v) is 5.75. The van der Waals surface area contributed by atoms with Gasteiger partial charge in [0.05, 0.1) is 19.0 Å². The zero-order chi connectivity index (χ0) is 27.3. The van der Waals surface area contributed by atoms with Gasteiger partial charge < -0.3 is 20.1 Å². The number of aromatic amines is 1. The normalized spacial score (nSPS) is 26.7. The quantitative estimate of drug-likeness (QED) is 0.502. The van der Waals surface area contributed by atoms with Crippen molar-refractivity contribution < 1.29 is 37.0 Å². The van der Waals surface area contributed by atoms with Crippen molar-refractivity contribution in [3.63, 3.8) is 0 Å². The maximum atomic E-state index is 14.3. The lowest BCUT2D eigenvalue weighted by Gasteiger charge is -2.41. The minimum Gasteiger partial charge on any atom is -0.481 e. The van der Waals surface area contributed by atoms with Crippen molar-refractivity contribution in [2.45, 2.75) is 74.7 Å². The van der Waals surface area contributed by atoms with Gasteiger partial charge in [0.15, 0.2) is 17.1 Å². The Hall–Kier alpha value is -3.22. The van der Waals surface area contributed by atoms with Crippen LogP contribution in [0, 0.1) is 11.7 Å². The molecule has 3 heterocycles. The zero-order valence-electron chi connectivity index (χ0n) is 20.8. The number of carbonyl (C=O) groups excluding carboxylic acids is 2. The predicted octanol–water partition coefficient (Wildman–Crippen LogP) is 3.36. The number of piperidine rings is 1. The summed E-state index contributed by atoms with van der Waals surface area (Å²) >= 11 is 0. The minimum absolute atomic E-state index is 0.109. The van der Waals surface area contributed by atoms with E-state index in [4.69, 9.17) is 4.74 Å². The molecular weight excluding hydrogens is 510 g/mol. The monoisotopic (exact) mass is 539 g/mol. The molecule has 0 unspecified atom stereocenters. The number of nitrogens with zero attached hydrogens (tertiary/aromatic N) is 3. The first-order chi connectivity index (χ1) is 17.9. The van der Waals surface area contributed by atoms with E-state index in [2.05, 4.69) is 20.5 Å². The molecule has 0 aromatic carbocycles. The van der Waals surface area contributed by atoms with Gasteiger partial charge >= 0.3 is 6.18 Å². The summed E-state index contributed by atoms with van der Waals surface area (Å²) in [4.78, 5) is 31.8. The summed E-state index contributed by atoms with van der Waals surface area (Å²) in [5, 5.41) is 19.5. The second-order valence-electron chi connectivity index (χ2n) is 10.6. The van der Waals surface area contributed by atoms with Crippen LogP contribution in [-0.4, -0.2) is 74.0 Å². The third-order valence-electron chi connectivity index (χ3n) is 8.07. The fourth-order valence-electron chi connectivity index (χ4n) is 5.75. The van der Waals surface area contributed by atoms with E-state index >= 15 is 0 Å². The highest BCUT2D eigenvalue weighted by Gasteiger charge is 2.57. The van der Waals surface area contributed by atoms with E-state index in [1.807, 2.05) is 0 Å². The molecule has 3 N–H and O–H groups in total. The molecule has 2 aliphatic carbocycles. The topological polar surface area (TPSA) is 120 Å². The van der Waals surface area contributed by atoms with Crippen molar-refractivity contribution in [2.24, 2.45) is 5.92 Å². The smallest absolute Gasteiger partial charge is 0.417 e. The SMILES string of the molecule is COc1cc(-c2cc(C(=O)N3CC[C@H](C(=O)N[C@@H]4CCC[C@](O)(C(F)(F)F)C4)CC34CC4)n[nH]2)c(F)cn1. The number of methoxy groups -OCH3 is 1. The Morgan fingerprint density at radius 2 is 1.97 bits per heavy atom. The molecule has 5 rings (SSSR count). The van der Waals surface area contributed by atoms with Gasteiger partial charge in [-0.3, -0.25) is 14.7 Å². The number of likely N-dealkylation sites (tertiary alicyclic amines) is 1. The lowest BCUT2D eigenvalue weighted by atomic mass is 9.80. The Labute approximate surface area is 215 Å². The van der Waals surface area contributed by atoms with Gasteiger partial charge in [0.1, 0.15) is 0 Å². The Balaban J connectivity index is 1.23. The Kier molecular flexibility index (Phi) is 6.60. The molecule has 2 amide bonds. The molecule has 38 heavy (non-hydrogen) atoms. The van der Waals surface area contributed by atoms with Crippen molar-refractivity contribution in [1.29, 1.82) is 0 Å². The number of nitrogens with one attached hydrogen (secondary N) is 2. The van der Waals surface area contributed by atoms with Gasteiger partial charge in [-0.15, -0.1) is 0 Å². The summed E-state index contributed by atoms with van der Waals surface area (Å²) in [6, 6.07) is 2.10. The highest BCUT2D eigenvalue weighted by Crippen LogP contribution is 2.51. The van der Waals surface area contributed by atoms with E-state index < -0.39 is 41.5 Å². The molecule has 3 aliphatic rings. The number of pyridine rings is 1. The molecule has 206 valence electrons. The van der Waals surface area contributed by atoms with Gasteiger partial charge in [0.25, 0.3) is 5.91 Å². The van der Waals surface area contributed by atoms with Crippen LogP contribution in [0.4, 0.5) is 17.6 Å². The summed E-state index contributed by atoms with van der Waals surface area (Å²) in [6.07, 6.45) is -1.97. The van der Waals surface area contributed by atoms with E-state index in [1.165, 1.54) is 19.2 Å². The molecule has 3 fully saturated rings. The van der Waals surface area contributed by atoms with Crippen LogP contribution < -0.4 is 10.1 Å². The van der Waals surface area contributed by atoms with E-state index in [0.29, 0.717) is 32.1 Å². The van der Waals surface area contributed by atoms with Crippen LogP contribution in [0.2, 0.25) is 0 Å². The molecule has 9 nitrogen and oxygen atoms in total. The number of H-pyrrole nitrogens is 1. The first kappa shape index (κ1) is 26.4. The number of aliphatic hydroxyl groups is 1. The summed E-state index contributed by atoms with van der Waals surface area (Å²) in [5.41, 5.74) is -2.75. The number of alkyl halides is 3. The lowest BCUT2D eigenvalue weighted by molar-refractivity contribution is -0.271. The molecule has 2 saturated carbocycles. The first-order valence-corrected chi connectivity index (χ1v) is 12.6. The maximum absolute atomic E-state index is 14.3. The standard InChI is InChI=1S/C25H29F4N5O4/c1-38-20-9-16(17(26)13-30-20)18-10-19(33-32-18)22(36)34-8-4-14(11-23(34)6-7-23)21(35)31-15-3-2-5-24(37,12-15)25(27,28)29/h9-10,13-15,37H,2-8,11-12H2,1H3,(H,31,35)(H,32,33)/t14-,15+,24+/m0/s1. The molecule has 1 saturated heterocycles. The number of hydrogen-bond donors (Lipinski definition) is 3. The van der Waals surface area contributed by atoms with E-state index in [0.717, 1.165) is 6.20 Å². The molecule has 1 spiro atoms. The van der Waals surface area contributed by atoms with Crippen molar-refractivity contribution in [3.8, 4) is 17.1 Å². The largest absolute Gasteiger partial charge is 0.481 e. The summed E-state index contributed by atoms with van der Waals surface area (Å²) < 4.78 is 59.2. The molecule has 0 bridgehead atoms. The van der Waals surface area contributed by atoms with E-state index in [-0.39, 0.29) is 54.0 Å². The van der Waals surface area contributed by atoms with Crippen LogP contribution in [0.3, 0.4) is 0 Å². The van der Waals surface area contributed by atoms with Crippen LogP contribution in [0.15, 0.2) is 18.3 Å². The van der Waals surface area contributed by atoms with E-state index in [1.54, 1.807) is 4.90 Å². The third kappa shape index (κ3) is 4.83. The van der Waals surface area contributed by atoms with Crippen LogP contribution in [0.5, 0.6) is 5.88 Å². The van der Waals surface area contributed by atoms with Gasteiger partial charge in [0, 0.05) is 42.1 Å². The number of amides is 2.